The van der Waals surface area contributed by atoms with Gasteiger partial charge in [0, 0.05) is 22.2 Å². The lowest BCUT2D eigenvalue weighted by atomic mass is 10.1. The molecule has 1 aliphatic heterocycles. The van der Waals surface area contributed by atoms with Gasteiger partial charge < -0.3 is 20.1 Å². The first kappa shape index (κ1) is 18.2. The third kappa shape index (κ3) is 3.98. The van der Waals surface area contributed by atoms with Crippen molar-refractivity contribution in [2.75, 3.05) is 18.7 Å². The van der Waals surface area contributed by atoms with Crippen molar-refractivity contribution >= 4 is 29.0 Å². The highest BCUT2D eigenvalue weighted by Crippen LogP contribution is 2.37. The number of ketones is 1. The second-order valence-electron chi connectivity index (χ2n) is 6.11. The Morgan fingerprint density at radius 2 is 1.92 bits per heavy atom. The van der Waals surface area contributed by atoms with E-state index < -0.39 is 0 Å². The second kappa shape index (κ2) is 7.76. The quantitative estimate of drug-likeness (QED) is 0.760. The van der Waals surface area contributed by atoms with Crippen molar-refractivity contribution in [3.05, 3.63) is 52.5 Å². The van der Waals surface area contributed by atoms with Crippen LogP contribution in [0.5, 0.6) is 11.5 Å². The Kier molecular flexibility index (Phi) is 5.44. The van der Waals surface area contributed by atoms with Gasteiger partial charge in [0.2, 0.25) is 6.79 Å². The Morgan fingerprint density at radius 1 is 1.23 bits per heavy atom. The van der Waals surface area contributed by atoms with Gasteiger partial charge in [0.25, 0.3) is 5.91 Å². The average Bonchev–Trinajstić information content (AvgIpc) is 3.06. The number of carbonyl (C=O) groups is 2. The molecular weight excluding hydrogens is 356 g/mol. The Balaban J connectivity index is 1.67. The fraction of sp³-hybridized carbons (Fsp3) is 0.263. The fourth-order valence-electron chi connectivity index (χ4n) is 2.79. The molecule has 0 unspecified atom stereocenters. The molecule has 1 atom stereocenters. The lowest BCUT2D eigenvalue weighted by molar-refractivity contribution is -0.682. The topological polar surface area (TPSA) is 81.2 Å². The highest BCUT2D eigenvalue weighted by atomic mass is 35.5. The Hall–Kier alpha value is -2.57. The van der Waals surface area contributed by atoms with Crippen LogP contribution < -0.4 is 20.1 Å². The molecule has 1 amide bonds. The maximum Gasteiger partial charge on any atom is 0.279 e. The number of benzene rings is 2. The van der Waals surface area contributed by atoms with Crippen molar-refractivity contribution < 1.29 is 24.4 Å². The molecule has 6 nitrogen and oxygen atoms in total. The summed E-state index contributed by atoms with van der Waals surface area (Å²) in [5.41, 5.74) is 1.78. The van der Waals surface area contributed by atoms with E-state index in [9.17, 15) is 9.59 Å². The maximum absolute atomic E-state index is 12.3. The lowest BCUT2D eigenvalue weighted by Gasteiger charge is -2.13. The summed E-state index contributed by atoms with van der Waals surface area (Å²) in [5, 5.41) is 5.34. The van der Waals surface area contributed by atoms with E-state index in [4.69, 9.17) is 21.1 Å². The summed E-state index contributed by atoms with van der Waals surface area (Å²) < 4.78 is 10.6. The Labute approximate surface area is 156 Å². The van der Waals surface area contributed by atoms with Crippen LogP contribution in [0.4, 0.5) is 5.69 Å². The summed E-state index contributed by atoms with van der Waals surface area (Å²) in [6.07, 6.45) is 0. The zero-order valence-corrected chi connectivity index (χ0v) is 15.3. The molecule has 0 saturated carbocycles. The number of amides is 1. The van der Waals surface area contributed by atoms with Crippen molar-refractivity contribution in [2.45, 2.75) is 19.9 Å². The summed E-state index contributed by atoms with van der Waals surface area (Å²) in [5.74, 6) is 0.642. The number of anilines is 1. The van der Waals surface area contributed by atoms with E-state index >= 15 is 0 Å². The van der Waals surface area contributed by atoms with E-state index in [0.717, 1.165) is 5.56 Å². The van der Waals surface area contributed by atoms with E-state index in [0.29, 0.717) is 27.8 Å². The molecule has 0 bridgehead atoms. The zero-order valence-electron chi connectivity index (χ0n) is 14.5. The number of fused-ring (bicyclic) bond motifs is 1. The maximum atomic E-state index is 12.3. The molecule has 2 aromatic rings. The number of hydrogen-bond donors (Lipinski definition) is 2. The van der Waals surface area contributed by atoms with Crippen LogP contribution in [0.15, 0.2) is 36.4 Å². The number of nitrogens with two attached hydrogens (primary N) is 1. The van der Waals surface area contributed by atoms with Gasteiger partial charge in [-0.1, -0.05) is 29.8 Å². The summed E-state index contributed by atoms with van der Waals surface area (Å²) in [6.45, 7) is 3.72. The predicted octanol–water partition coefficient (Wildman–Crippen LogP) is 2.53. The van der Waals surface area contributed by atoms with Crippen LogP contribution in [0.1, 0.15) is 35.8 Å². The molecule has 136 valence electrons. The van der Waals surface area contributed by atoms with Crippen LogP contribution in [0, 0.1) is 0 Å². The molecule has 1 aliphatic rings. The monoisotopic (exact) mass is 375 g/mol. The van der Waals surface area contributed by atoms with E-state index in [1.807, 2.05) is 36.5 Å². The standard InChI is InChI=1S/C19H19ClN2O4/c1-11(13-5-3-4-6-15(13)20)21-9-19(24)22-16-8-18-17(25-10-26-18)7-14(16)12(2)23/h3-8,11,21H,9-10H2,1-2H3,(H,22,24)/p+1/t11-/m0/s1. The first-order valence-electron chi connectivity index (χ1n) is 8.28. The number of rotatable bonds is 6. The fourth-order valence-corrected chi connectivity index (χ4v) is 3.10. The summed E-state index contributed by atoms with van der Waals surface area (Å²) >= 11 is 6.19. The Morgan fingerprint density at radius 3 is 2.62 bits per heavy atom. The van der Waals surface area contributed by atoms with Crippen molar-refractivity contribution in [2.24, 2.45) is 0 Å². The molecule has 3 N–H and O–H groups in total. The van der Waals surface area contributed by atoms with Gasteiger partial charge in [0.05, 0.1) is 5.69 Å². The smallest absolute Gasteiger partial charge is 0.279 e. The molecule has 7 heteroatoms. The molecule has 0 radical (unpaired) electrons. The number of quaternary nitrogens is 1. The van der Waals surface area contributed by atoms with Gasteiger partial charge in [-0.05, 0) is 26.0 Å². The third-order valence-electron chi connectivity index (χ3n) is 4.22. The third-order valence-corrected chi connectivity index (χ3v) is 4.56. The van der Waals surface area contributed by atoms with Gasteiger partial charge in [-0.3, -0.25) is 9.59 Å². The minimum atomic E-state index is -0.217. The molecule has 0 spiro atoms. The van der Waals surface area contributed by atoms with Crippen molar-refractivity contribution in [1.29, 1.82) is 0 Å². The second-order valence-corrected chi connectivity index (χ2v) is 6.51. The SMILES string of the molecule is CC(=O)c1cc2c(cc1NC(=O)C[NH2+][C@@H](C)c1ccccc1Cl)OCO2. The van der Waals surface area contributed by atoms with Gasteiger partial charge in [-0.25, -0.2) is 0 Å². The summed E-state index contributed by atoms with van der Waals surface area (Å²) in [4.78, 5) is 24.2. The van der Waals surface area contributed by atoms with Crippen molar-refractivity contribution in [3.63, 3.8) is 0 Å². The molecule has 3 rings (SSSR count). The van der Waals surface area contributed by atoms with E-state index in [1.54, 1.807) is 12.1 Å². The minimum Gasteiger partial charge on any atom is -0.454 e. The van der Waals surface area contributed by atoms with Crippen molar-refractivity contribution in [3.8, 4) is 11.5 Å². The zero-order chi connectivity index (χ0) is 18.7. The normalized spacial score (nSPS) is 13.3. The highest BCUT2D eigenvalue weighted by molar-refractivity contribution is 6.31. The van der Waals surface area contributed by atoms with Gasteiger partial charge in [-0.15, -0.1) is 0 Å². The minimum absolute atomic E-state index is 0.0264. The lowest BCUT2D eigenvalue weighted by Crippen LogP contribution is -2.86. The van der Waals surface area contributed by atoms with E-state index in [1.165, 1.54) is 6.92 Å². The molecule has 1 heterocycles. The molecule has 26 heavy (non-hydrogen) atoms. The van der Waals surface area contributed by atoms with Crippen LogP contribution in [-0.2, 0) is 4.79 Å². The number of halogens is 1. The average molecular weight is 376 g/mol. The van der Waals surface area contributed by atoms with Gasteiger partial charge in [0.1, 0.15) is 6.04 Å². The van der Waals surface area contributed by atoms with Crippen molar-refractivity contribution in [1.82, 2.24) is 0 Å². The molecule has 0 fully saturated rings. The van der Waals surface area contributed by atoms with E-state index in [2.05, 4.69) is 5.32 Å². The first-order chi connectivity index (χ1) is 12.5. The predicted molar refractivity (Wildman–Crippen MR) is 97.9 cm³/mol. The highest BCUT2D eigenvalue weighted by Gasteiger charge is 2.21. The molecule has 0 aromatic heterocycles. The molecule has 0 aliphatic carbocycles. The number of nitrogens with one attached hydrogen (secondary N) is 1. The van der Waals surface area contributed by atoms with Crippen LogP contribution in [0.25, 0.3) is 0 Å². The van der Waals surface area contributed by atoms with Crippen LogP contribution in [0.2, 0.25) is 5.02 Å². The largest absolute Gasteiger partial charge is 0.454 e. The van der Waals surface area contributed by atoms with Gasteiger partial charge in [0.15, 0.2) is 23.8 Å². The van der Waals surface area contributed by atoms with Crippen LogP contribution in [0.3, 0.4) is 0 Å². The number of carbonyl (C=O) groups excluding carboxylic acids is 2. The summed E-state index contributed by atoms with van der Waals surface area (Å²) in [6, 6.07) is 10.8. The molecule has 0 saturated heterocycles. The number of ether oxygens (including phenoxy) is 2. The Bertz CT molecular complexity index is 853. The first-order valence-corrected chi connectivity index (χ1v) is 8.65. The molecular formula is C19H20ClN2O4+. The number of hydrogen-bond acceptors (Lipinski definition) is 4. The molecule has 2 aromatic carbocycles. The van der Waals surface area contributed by atoms with Crippen LogP contribution in [-0.4, -0.2) is 25.0 Å². The summed E-state index contributed by atoms with van der Waals surface area (Å²) in [7, 11) is 0. The van der Waals surface area contributed by atoms with Gasteiger partial charge >= 0.3 is 0 Å². The van der Waals surface area contributed by atoms with Gasteiger partial charge in [-0.2, -0.15) is 0 Å². The number of Topliss-reactive ketones (excluding diaryl/α,β-unsaturated/α-hetero) is 1. The van der Waals surface area contributed by atoms with Crippen LogP contribution >= 0.6 is 11.6 Å². The van der Waals surface area contributed by atoms with E-state index in [-0.39, 0.29) is 31.1 Å².